The summed E-state index contributed by atoms with van der Waals surface area (Å²) in [6, 6.07) is 20.5. The van der Waals surface area contributed by atoms with Crippen LogP contribution in [0.3, 0.4) is 0 Å². The molecule has 4 nitrogen and oxygen atoms in total. The van der Waals surface area contributed by atoms with Gasteiger partial charge < -0.3 is 4.74 Å². The SMILES string of the molecule is CC(C)n1cc(COCCCCc2ccc3ccc4cccc5ccc2c3c45)nn1. The maximum atomic E-state index is 5.81. The van der Waals surface area contributed by atoms with Gasteiger partial charge in [-0.1, -0.05) is 59.8 Å². The van der Waals surface area contributed by atoms with E-state index >= 15 is 0 Å². The number of unbranched alkanes of at least 4 members (excludes halogenated alkanes) is 1. The molecule has 0 N–H and O–H groups in total. The van der Waals surface area contributed by atoms with Crippen LogP contribution in [0.2, 0.25) is 0 Å². The fourth-order valence-corrected chi connectivity index (χ4v) is 4.34. The fraction of sp³-hybridized carbons (Fsp3) is 0.308. The standard InChI is InChI=1S/C26H27N3O/c1-18(2)29-16-23(27-28-29)17-30-15-4-3-6-19-9-10-22-12-11-20-7-5-8-21-13-14-24(19)26(22)25(20)21/h5,7-14,16,18H,3-4,6,15,17H2,1-2H3. The summed E-state index contributed by atoms with van der Waals surface area (Å²) in [5, 5.41) is 16.5. The summed E-state index contributed by atoms with van der Waals surface area (Å²) in [4.78, 5) is 0. The third-order valence-electron chi connectivity index (χ3n) is 5.94. The molecule has 30 heavy (non-hydrogen) atoms. The van der Waals surface area contributed by atoms with Crippen LogP contribution in [0.5, 0.6) is 0 Å². The Hall–Kier alpha value is -2.98. The molecule has 0 unspecified atom stereocenters. The number of ether oxygens (including phenoxy) is 1. The van der Waals surface area contributed by atoms with Crippen LogP contribution in [0.25, 0.3) is 32.3 Å². The van der Waals surface area contributed by atoms with Crippen molar-refractivity contribution in [3.63, 3.8) is 0 Å². The Bertz CT molecular complexity index is 1270. The number of hydrogen-bond acceptors (Lipinski definition) is 3. The second-order valence-corrected chi connectivity index (χ2v) is 8.37. The van der Waals surface area contributed by atoms with Gasteiger partial charge in [-0.2, -0.15) is 0 Å². The number of nitrogens with zero attached hydrogens (tertiary/aromatic N) is 3. The van der Waals surface area contributed by atoms with Gasteiger partial charge in [-0.3, -0.25) is 0 Å². The lowest BCUT2D eigenvalue weighted by atomic mass is 9.91. The van der Waals surface area contributed by atoms with Gasteiger partial charge in [0.15, 0.2) is 0 Å². The summed E-state index contributed by atoms with van der Waals surface area (Å²) in [6.07, 6.45) is 5.19. The van der Waals surface area contributed by atoms with E-state index in [2.05, 4.69) is 78.8 Å². The van der Waals surface area contributed by atoms with E-state index in [-0.39, 0.29) is 0 Å². The average Bonchev–Trinajstić information content (AvgIpc) is 3.24. The molecular formula is C26H27N3O. The molecule has 1 aromatic heterocycles. The van der Waals surface area contributed by atoms with E-state index < -0.39 is 0 Å². The molecule has 5 rings (SSSR count). The van der Waals surface area contributed by atoms with Crippen molar-refractivity contribution in [3.8, 4) is 0 Å². The predicted molar refractivity (Wildman–Crippen MR) is 123 cm³/mol. The Labute approximate surface area is 176 Å². The van der Waals surface area contributed by atoms with Gasteiger partial charge in [-0.05, 0) is 71.0 Å². The minimum atomic E-state index is 0.330. The minimum Gasteiger partial charge on any atom is -0.375 e. The van der Waals surface area contributed by atoms with Crippen LogP contribution in [-0.4, -0.2) is 21.6 Å². The lowest BCUT2D eigenvalue weighted by molar-refractivity contribution is 0.114. The normalized spacial score (nSPS) is 12.1. The second-order valence-electron chi connectivity index (χ2n) is 8.37. The summed E-state index contributed by atoms with van der Waals surface area (Å²) < 4.78 is 7.68. The van der Waals surface area contributed by atoms with E-state index in [1.165, 1.54) is 37.9 Å². The number of hydrogen-bond donors (Lipinski definition) is 0. The monoisotopic (exact) mass is 397 g/mol. The van der Waals surface area contributed by atoms with Crippen molar-refractivity contribution in [2.24, 2.45) is 0 Å². The van der Waals surface area contributed by atoms with Crippen LogP contribution in [0.4, 0.5) is 0 Å². The van der Waals surface area contributed by atoms with E-state index in [0.717, 1.165) is 31.6 Å². The van der Waals surface area contributed by atoms with Gasteiger partial charge in [-0.15, -0.1) is 5.10 Å². The predicted octanol–water partition coefficient (Wildman–Crippen LogP) is 6.30. The van der Waals surface area contributed by atoms with E-state index in [9.17, 15) is 0 Å². The first-order valence-electron chi connectivity index (χ1n) is 10.8. The molecule has 4 heteroatoms. The summed E-state index contributed by atoms with van der Waals surface area (Å²) in [7, 11) is 0. The number of rotatable bonds is 8. The molecule has 0 saturated heterocycles. The highest BCUT2D eigenvalue weighted by Gasteiger charge is 2.10. The quantitative estimate of drug-likeness (QED) is 0.228. The van der Waals surface area contributed by atoms with Crippen molar-refractivity contribution in [3.05, 3.63) is 72.1 Å². The van der Waals surface area contributed by atoms with Crippen LogP contribution in [0.15, 0.2) is 60.8 Å². The summed E-state index contributed by atoms with van der Waals surface area (Å²) in [5.41, 5.74) is 2.33. The average molecular weight is 398 g/mol. The second kappa shape index (κ2) is 8.04. The molecule has 0 saturated carbocycles. The minimum absolute atomic E-state index is 0.330. The maximum absolute atomic E-state index is 5.81. The maximum Gasteiger partial charge on any atom is 0.108 e. The van der Waals surface area contributed by atoms with E-state index in [0.29, 0.717) is 12.6 Å². The Morgan fingerprint density at radius 3 is 2.37 bits per heavy atom. The molecule has 0 fully saturated rings. The lowest BCUT2D eigenvalue weighted by Gasteiger charge is -2.14. The highest BCUT2D eigenvalue weighted by Crippen LogP contribution is 2.36. The van der Waals surface area contributed by atoms with Crippen LogP contribution in [-0.2, 0) is 17.8 Å². The molecule has 0 bridgehead atoms. The van der Waals surface area contributed by atoms with Gasteiger partial charge in [0.1, 0.15) is 5.69 Å². The van der Waals surface area contributed by atoms with Gasteiger partial charge in [0, 0.05) is 12.6 Å². The molecule has 0 spiro atoms. The molecule has 0 amide bonds. The van der Waals surface area contributed by atoms with Gasteiger partial charge in [0.05, 0.1) is 12.8 Å². The van der Waals surface area contributed by atoms with Crippen molar-refractivity contribution in [1.29, 1.82) is 0 Å². The summed E-state index contributed by atoms with van der Waals surface area (Å²) in [5.74, 6) is 0. The van der Waals surface area contributed by atoms with Gasteiger partial charge >= 0.3 is 0 Å². The van der Waals surface area contributed by atoms with Crippen LogP contribution in [0, 0.1) is 0 Å². The van der Waals surface area contributed by atoms with Gasteiger partial charge in [0.25, 0.3) is 0 Å². The Morgan fingerprint density at radius 1 is 0.867 bits per heavy atom. The topological polar surface area (TPSA) is 39.9 Å². The largest absolute Gasteiger partial charge is 0.375 e. The van der Waals surface area contributed by atoms with Crippen LogP contribution in [0.1, 0.15) is 44.0 Å². The van der Waals surface area contributed by atoms with Gasteiger partial charge in [-0.25, -0.2) is 4.68 Å². The molecular weight excluding hydrogens is 370 g/mol. The molecule has 152 valence electrons. The fourth-order valence-electron chi connectivity index (χ4n) is 4.34. The third-order valence-corrected chi connectivity index (χ3v) is 5.94. The zero-order valence-electron chi connectivity index (χ0n) is 17.6. The van der Waals surface area contributed by atoms with Crippen molar-refractivity contribution < 1.29 is 4.74 Å². The van der Waals surface area contributed by atoms with E-state index in [1.807, 2.05) is 10.9 Å². The molecule has 0 aliphatic rings. The van der Waals surface area contributed by atoms with Gasteiger partial charge in [0.2, 0.25) is 0 Å². The summed E-state index contributed by atoms with van der Waals surface area (Å²) in [6.45, 7) is 5.47. The van der Waals surface area contributed by atoms with Crippen molar-refractivity contribution >= 4 is 32.3 Å². The molecule has 0 radical (unpaired) electrons. The Morgan fingerprint density at radius 2 is 1.60 bits per heavy atom. The number of benzene rings is 4. The van der Waals surface area contributed by atoms with Crippen LogP contribution >= 0.6 is 0 Å². The summed E-state index contributed by atoms with van der Waals surface area (Å²) >= 11 is 0. The first kappa shape index (κ1) is 19.0. The Kier molecular flexibility index (Phi) is 5.09. The smallest absolute Gasteiger partial charge is 0.108 e. The number of aromatic nitrogens is 3. The molecule has 5 aromatic rings. The molecule has 1 heterocycles. The molecule has 0 aliphatic heterocycles. The zero-order valence-corrected chi connectivity index (χ0v) is 17.6. The highest BCUT2D eigenvalue weighted by molar-refractivity contribution is 6.23. The zero-order chi connectivity index (χ0) is 20.5. The van der Waals surface area contributed by atoms with E-state index in [1.54, 1.807) is 0 Å². The highest BCUT2D eigenvalue weighted by atomic mass is 16.5. The first-order valence-corrected chi connectivity index (χ1v) is 10.8. The van der Waals surface area contributed by atoms with E-state index in [4.69, 9.17) is 4.74 Å². The molecule has 4 aromatic carbocycles. The Balaban J connectivity index is 1.23. The first-order chi connectivity index (χ1) is 14.7. The third kappa shape index (κ3) is 3.52. The lowest BCUT2D eigenvalue weighted by Crippen LogP contribution is -2.00. The van der Waals surface area contributed by atoms with Crippen molar-refractivity contribution in [2.75, 3.05) is 6.61 Å². The van der Waals surface area contributed by atoms with Crippen molar-refractivity contribution in [2.45, 2.75) is 45.8 Å². The number of aryl methyl sites for hydroxylation is 1. The molecule has 0 aliphatic carbocycles. The van der Waals surface area contributed by atoms with Crippen molar-refractivity contribution in [1.82, 2.24) is 15.0 Å². The molecule has 0 atom stereocenters. The van der Waals surface area contributed by atoms with Crippen LogP contribution < -0.4 is 0 Å².